The SMILES string of the molecule is COC(=O)c1cc(CNC(=O)C2CC(=O)Nc3cc(F)ccc32)ccc1OC. The fourth-order valence-corrected chi connectivity index (χ4v) is 3.12. The maximum absolute atomic E-state index is 13.4. The van der Waals surface area contributed by atoms with Crippen LogP contribution in [0.3, 0.4) is 0 Å². The summed E-state index contributed by atoms with van der Waals surface area (Å²) in [6.45, 7) is 0.140. The van der Waals surface area contributed by atoms with Crippen molar-refractivity contribution in [2.24, 2.45) is 0 Å². The van der Waals surface area contributed by atoms with E-state index in [9.17, 15) is 18.8 Å². The van der Waals surface area contributed by atoms with E-state index >= 15 is 0 Å². The Morgan fingerprint density at radius 2 is 2.00 bits per heavy atom. The van der Waals surface area contributed by atoms with Gasteiger partial charge < -0.3 is 20.1 Å². The van der Waals surface area contributed by atoms with Crippen molar-refractivity contribution in [1.82, 2.24) is 5.32 Å². The van der Waals surface area contributed by atoms with E-state index < -0.39 is 17.7 Å². The lowest BCUT2D eigenvalue weighted by Crippen LogP contribution is -2.34. The van der Waals surface area contributed by atoms with E-state index in [1.165, 1.54) is 32.4 Å². The van der Waals surface area contributed by atoms with Crippen molar-refractivity contribution in [1.29, 1.82) is 0 Å². The van der Waals surface area contributed by atoms with Gasteiger partial charge in [0.2, 0.25) is 11.8 Å². The number of amides is 2. The van der Waals surface area contributed by atoms with Gasteiger partial charge in [-0.2, -0.15) is 0 Å². The summed E-state index contributed by atoms with van der Waals surface area (Å²) >= 11 is 0. The first-order chi connectivity index (χ1) is 13.4. The second kappa shape index (κ2) is 8.08. The average molecular weight is 386 g/mol. The average Bonchev–Trinajstić information content (AvgIpc) is 2.70. The third-order valence-electron chi connectivity index (χ3n) is 4.51. The molecule has 146 valence electrons. The first kappa shape index (κ1) is 19.3. The molecule has 1 heterocycles. The van der Waals surface area contributed by atoms with Gasteiger partial charge in [0, 0.05) is 18.7 Å². The molecule has 2 aromatic rings. The minimum Gasteiger partial charge on any atom is -0.496 e. The van der Waals surface area contributed by atoms with Crippen LogP contribution >= 0.6 is 0 Å². The number of esters is 1. The highest BCUT2D eigenvalue weighted by molar-refractivity contribution is 6.01. The molecule has 1 aliphatic rings. The van der Waals surface area contributed by atoms with E-state index in [0.29, 0.717) is 22.6 Å². The number of benzene rings is 2. The van der Waals surface area contributed by atoms with Gasteiger partial charge in [-0.15, -0.1) is 0 Å². The first-order valence-electron chi connectivity index (χ1n) is 8.55. The van der Waals surface area contributed by atoms with Crippen molar-refractivity contribution in [3.8, 4) is 5.75 Å². The lowest BCUT2D eigenvalue weighted by atomic mass is 9.89. The summed E-state index contributed by atoms with van der Waals surface area (Å²) in [6, 6.07) is 8.84. The zero-order valence-corrected chi connectivity index (χ0v) is 15.4. The van der Waals surface area contributed by atoms with E-state index in [4.69, 9.17) is 9.47 Å². The molecule has 2 amide bonds. The van der Waals surface area contributed by atoms with Crippen LogP contribution in [0.1, 0.15) is 33.8 Å². The monoisotopic (exact) mass is 386 g/mol. The van der Waals surface area contributed by atoms with Crippen LogP contribution in [0.25, 0.3) is 0 Å². The van der Waals surface area contributed by atoms with Gasteiger partial charge in [-0.1, -0.05) is 12.1 Å². The fourth-order valence-electron chi connectivity index (χ4n) is 3.12. The van der Waals surface area contributed by atoms with E-state index in [1.807, 2.05) is 0 Å². The van der Waals surface area contributed by atoms with E-state index in [1.54, 1.807) is 18.2 Å². The minimum absolute atomic E-state index is 0.0273. The molecule has 0 bridgehead atoms. The maximum Gasteiger partial charge on any atom is 0.341 e. The topological polar surface area (TPSA) is 93.7 Å². The number of anilines is 1. The lowest BCUT2D eigenvalue weighted by molar-refractivity contribution is -0.126. The van der Waals surface area contributed by atoms with Crippen LogP contribution in [0.2, 0.25) is 0 Å². The molecule has 28 heavy (non-hydrogen) atoms. The highest BCUT2D eigenvalue weighted by atomic mass is 19.1. The van der Waals surface area contributed by atoms with Gasteiger partial charge in [0.1, 0.15) is 17.1 Å². The van der Waals surface area contributed by atoms with Crippen molar-refractivity contribution in [3.05, 3.63) is 58.9 Å². The number of nitrogens with one attached hydrogen (secondary N) is 2. The number of hydrogen-bond acceptors (Lipinski definition) is 5. The predicted octanol–water partition coefficient (Wildman–Crippen LogP) is 2.36. The molecule has 3 rings (SSSR count). The second-order valence-corrected chi connectivity index (χ2v) is 6.28. The molecular formula is C20H19FN2O5. The molecule has 7 nitrogen and oxygen atoms in total. The molecule has 0 aliphatic carbocycles. The molecule has 0 spiro atoms. The number of halogens is 1. The first-order valence-corrected chi connectivity index (χ1v) is 8.55. The molecule has 0 saturated heterocycles. The normalized spacial score (nSPS) is 15.2. The molecule has 2 N–H and O–H groups in total. The summed E-state index contributed by atoms with van der Waals surface area (Å²) in [5.74, 6) is -2.11. The Morgan fingerprint density at radius 1 is 1.21 bits per heavy atom. The van der Waals surface area contributed by atoms with Crippen molar-refractivity contribution < 1.29 is 28.2 Å². The molecule has 0 fully saturated rings. The lowest BCUT2D eigenvalue weighted by Gasteiger charge is -2.25. The molecule has 2 aromatic carbocycles. The molecule has 8 heteroatoms. The van der Waals surface area contributed by atoms with E-state index in [-0.39, 0.29) is 30.3 Å². The largest absolute Gasteiger partial charge is 0.496 e. The third kappa shape index (κ3) is 3.95. The highest BCUT2D eigenvalue weighted by Crippen LogP contribution is 2.33. The van der Waals surface area contributed by atoms with Gasteiger partial charge in [0.05, 0.1) is 20.1 Å². The molecule has 0 radical (unpaired) electrons. The zero-order chi connectivity index (χ0) is 20.3. The zero-order valence-electron chi connectivity index (χ0n) is 15.4. The Morgan fingerprint density at radius 3 is 2.71 bits per heavy atom. The second-order valence-electron chi connectivity index (χ2n) is 6.28. The van der Waals surface area contributed by atoms with Gasteiger partial charge >= 0.3 is 5.97 Å². The van der Waals surface area contributed by atoms with Crippen LogP contribution in [0, 0.1) is 5.82 Å². The third-order valence-corrected chi connectivity index (χ3v) is 4.51. The minimum atomic E-state index is -0.720. The summed E-state index contributed by atoms with van der Waals surface area (Å²) in [4.78, 5) is 36.4. The summed E-state index contributed by atoms with van der Waals surface area (Å²) in [5.41, 5.74) is 1.76. The molecule has 1 aliphatic heterocycles. The Kier molecular flexibility index (Phi) is 5.58. The molecule has 0 saturated carbocycles. The molecule has 1 atom stereocenters. The Labute approximate surface area is 160 Å². The van der Waals surface area contributed by atoms with Gasteiger partial charge in [-0.05, 0) is 35.4 Å². The highest BCUT2D eigenvalue weighted by Gasteiger charge is 2.30. The van der Waals surface area contributed by atoms with Gasteiger partial charge in [0.15, 0.2) is 0 Å². The van der Waals surface area contributed by atoms with Crippen LogP contribution in [0.15, 0.2) is 36.4 Å². The molecule has 0 aromatic heterocycles. The number of carbonyl (C=O) groups excluding carboxylic acids is 3. The number of hydrogen-bond donors (Lipinski definition) is 2. The Hall–Kier alpha value is -3.42. The van der Waals surface area contributed by atoms with Gasteiger partial charge in [-0.3, -0.25) is 9.59 Å². The smallest absolute Gasteiger partial charge is 0.341 e. The van der Waals surface area contributed by atoms with Gasteiger partial charge in [-0.25, -0.2) is 9.18 Å². The number of ether oxygens (including phenoxy) is 2. The quantitative estimate of drug-likeness (QED) is 0.770. The summed E-state index contributed by atoms with van der Waals surface area (Å²) in [7, 11) is 2.71. The van der Waals surface area contributed by atoms with E-state index in [0.717, 1.165) is 0 Å². The Bertz CT molecular complexity index is 944. The van der Waals surface area contributed by atoms with Crippen LogP contribution in [0.5, 0.6) is 5.75 Å². The number of fused-ring (bicyclic) bond motifs is 1. The summed E-state index contributed by atoms with van der Waals surface area (Å²) in [6.07, 6.45) is -0.0273. The molecular weight excluding hydrogens is 367 g/mol. The van der Waals surface area contributed by atoms with Crippen molar-refractivity contribution >= 4 is 23.5 Å². The van der Waals surface area contributed by atoms with Gasteiger partial charge in [0.25, 0.3) is 0 Å². The van der Waals surface area contributed by atoms with Crippen LogP contribution in [-0.2, 0) is 20.9 Å². The van der Waals surface area contributed by atoms with Crippen LogP contribution in [-0.4, -0.2) is 32.0 Å². The fraction of sp³-hybridized carbons (Fsp3) is 0.250. The van der Waals surface area contributed by atoms with Crippen LogP contribution < -0.4 is 15.4 Å². The van der Waals surface area contributed by atoms with Crippen LogP contribution in [0.4, 0.5) is 10.1 Å². The Balaban J connectivity index is 1.76. The van der Waals surface area contributed by atoms with Crippen molar-refractivity contribution in [2.75, 3.05) is 19.5 Å². The summed E-state index contributed by atoms with van der Waals surface area (Å²) in [5, 5.41) is 5.33. The van der Waals surface area contributed by atoms with Crippen molar-refractivity contribution in [3.63, 3.8) is 0 Å². The van der Waals surface area contributed by atoms with E-state index in [2.05, 4.69) is 10.6 Å². The number of rotatable bonds is 5. The number of methoxy groups -OCH3 is 2. The molecule has 1 unspecified atom stereocenters. The van der Waals surface area contributed by atoms with Crippen molar-refractivity contribution in [2.45, 2.75) is 18.9 Å². The number of carbonyl (C=O) groups is 3. The maximum atomic E-state index is 13.4. The summed E-state index contributed by atoms with van der Waals surface area (Å²) < 4.78 is 23.3. The predicted molar refractivity (Wildman–Crippen MR) is 98.6 cm³/mol. The standard InChI is InChI=1S/C20H19FN2O5/c1-27-17-6-3-11(7-15(17)20(26)28-2)10-22-19(25)14-9-18(24)23-16-8-12(21)4-5-13(14)16/h3-8,14H,9-10H2,1-2H3,(H,22,25)(H,23,24).